The van der Waals surface area contributed by atoms with Crippen molar-refractivity contribution >= 4 is 5.69 Å². The number of fused-ring (bicyclic) bond motifs is 2. The van der Waals surface area contributed by atoms with Crippen molar-refractivity contribution in [2.45, 2.75) is 44.4 Å². The first kappa shape index (κ1) is 12.0. The summed E-state index contributed by atoms with van der Waals surface area (Å²) in [6, 6.07) is 6.96. The van der Waals surface area contributed by atoms with E-state index in [0.29, 0.717) is 5.41 Å². The van der Waals surface area contributed by atoms with Gasteiger partial charge in [0.25, 0.3) is 0 Å². The van der Waals surface area contributed by atoms with Crippen molar-refractivity contribution in [1.29, 1.82) is 0 Å². The van der Waals surface area contributed by atoms with E-state index in [1.807, 2.05) is 0 Å². The molecule has 2 nitrogen and oxygen atoms in total. The van der Waals surface area contributed by atoms with Crippen LogP contribution in [0.25, 0.3) is 0 Å². The molecule has 18 heavy (non-hydrogen) atoms. The Kier molecular flexibility index (Phi) is 2.67. The lowest BCUT2D eigenvalue weighted by molar-refractivity contribution is 0.0567. The zero-order chi connectivity index (χ0) is 12.8. The Morgan fingerprint density at radius 3 is 2.56 bits per heavy atom. The molecule has 98 valence electrons. The molecule has 1 aromatic carbocycles. The molecule has 0 aromatic heterocycles. The molecule has 2 heterocycles. The van der Waals surface area contributed by atoms with E-state index in [-0.39, 0.29) is 5.41 Å². The van der Waals surface area contributed by atoms with Crippen molar-refractivity contribution in [3.05, 3.63) is 29.3 Å². The zero-order valence-electron chi connectivity index (χ0n) is 11.7. The lowest BCUT2D eigenvalue weighted by atomic mass is 9.74. The average Bonchev–Trinajstić information content (AvgIpc) is 2.68. The molecule has 0 radical (unpaired) electrons. The van der Waals surface area contributed by atoms with Gasteiger partial charge in [0, 0.05) is 30.9 Å². The topological polar surface area (TPSA) is 21.3 Å². The summed E-state index contributed by atoms with van der Waals surface area (Å²) in [4.78, 5) is 0. The summed E-state index contributed by atoms with van der Waals surface area (Å²) in [5.41, 5.74) is 4.86. The second-order valence-electron chi connectivity index (χ2n) is 6.76. The fourth-order valence-electron chi connectivity index (χ4n) is 3.17. The maximum absolute atomic E-state index is 5.54. The van der Waals surface area contributed by atoms with E-state index in [1.165, 1.54) is 16.8 Å². The minimum absolute atomic E-state index is 0.226. The van der Waals surface area contributed by atoms with Crippen LogP contribution in [-0.2, 0) is 15.6 Å². The van der Waals surface area contributed by atoms with E-state index >= 15 is 0 Å². The molecule has 1 N–H and O–H groups in total. The van der Waals surface area contributed by atoms with Gasteiger partial charge < -0.3 is 10.1 Å². The van der Waals surface area contributed by atoms with Crippen molar-refractivity contribution in [3.63, 3.8) is 0 Å². The summed E-state index contributed by atoms with van der Waals surface area (Å²) in [6.07, 6.45) is 2.31. The fraction of sp³-hybridized carbons (Fsp3) is 0.625. The van der Waals surface area contributed by atoms with Gasteiger partial charge in [-0.2, -0.15) is 0 Å². The van der Waals surface area contributed by atoms with Crippen molar-refractivity contribution in [3.8, 4) is 0 Å². The number of nitrogens with one attached hydrogen (secondary N) is 1. The highest BCUT2D eigenvalue weighted by atomic mass is 16.5. The van der Waals surface area contributed by atoms with Crippen molar-refractivity contribution < 1.29 is 4.74 Å². The fourth-order valence-corrected chi connectivity index (χ4v) is 3.17. The summed E-state index contributed by atoms with van der Waals surface area (Å²) < 4.78 is 5.54. The first-order valence-corrected chi connectivity index (χ1v) is 6.98. The summed E-state index contributed by atoms with van der Waals surface area (Å²) in [7, 11) is 0. The lowest BCUT2D eigenvalue weighted by Gasteiger charge is -2.34. The molecule has 1 aromatic rings. The smallest absolute Gasteiger partial charge is 0.0475 e. The zero-order valence-corrected chi connectivity index (χ0v) is 11.7. The van der Waals surface area contributed by atoms with Gasteiger partial charge in [0.15, 0.2) is 0 Å². The molecule has 0 aliphatic carbocycles. The molecule has 0 bridgehead atoms. The normalized spacial score (nSPS) is 21.7. The van der Waals surface area contributed by atoms with Gasteiger partial charge in [0.05, 0.1) is 0 Å². The van der Waals surface area contributed by atoms with E-state index in [0.717, 1.165) is 32.6 Å². The van der Waals surface area contributed by atoms with Gasteiger partial charge in [-0.15, -0.1) is 0 Å². The largest absolute Gasteiger partial charge is 0.384 e. The molecule has 0 unspecified atom stereocenters. The molecular weight excluding hydrogens is 222 g/mol. The average molecular weight is 245 g/mol. The number of rotatable bonds is 0. The molecule has 2 aliphatic heterocycles. The second-order valence-corrected chi connectivity index (χ2v) is 6.76. The Morgan fingerprint density at radius 1 is 1.17 bits per heavy atom. The maximum Gasteiger partial charge on any atom is 0.0475 e. The Morgan fingerprint density at radius 2 is 1.89 bits per heavy atom. The lowest BCUT2D eigenvalue weighted by Crippen LogP contribution is -2.35. The minimum atomic E-state index is 0.226. The first-order chi connectivity index (χ1) is 8.51. The van der Waals surface area contributed by atoms with Crippen LogP contribution >= 0.6 is 0 Å². The van der Waals surface area contributed by atoms with E-state index in [2.05, 4.69) is 44.3 Å². The van der Waals surface area contributed by atoms with Crippen LogP contribution in [0.1, 0.15) is 44.7 Å². The molecule has 3 rings (SSSR count). The van der Waals surface area contributed by atoms with Crippen LogP contribution < -0.4 is 5.32 Å². The summed E-state index contributed by atoms with van der Waals surface area (Å²) >= 11 is 0. The van der Waals surface area contributed by atoms with Crippen LogP contribution in [0.2, 0.25) is 0 Å². The van der Waals surface area contributed by atoms with E-state index in [1.54, 1.807) is 0 Å². The van der Waals surface area contributed by atoms with Gasteiger partial charge in [0.1, 0.15) is 0 Å². The molecule has 2 aliphatic rings. The number of ether oxygens (including phenoxy) is 1. The van der Waals surface area contributed by atoms with Crippen LogP contribution in [0.15, 0.2) is 18.2 Å². The van der Waals surface area contributed by atoms with E-state index in [9.17, 15) is 0 Å². The number of benzene rings is 1. The quantitative estimate of drug-likeness (QED) is 0.756. The molecule has 1 spiro atoms. The highest BCUT2D eigenvalue weighted by Crippen LogP contribution is 2.44. The van der Waals surface area contributed by atoms with Crippen molar-refractivity contribution in [2.24, 2.45) is 0 Å². The Bertz CT molecular complexity index is 447. The van der Waals surface area contributed by atoms with Crippen LogP contribution in [0.4, 0.5) is 5.69 Å². The van der Waals surface area contributed by atoms with Gasteiger partial charge in [-0.1, -0.05) is 32.9 Å². The van der Waals surface area contributed by atoms with Gasteiger partial charge in [-0.25, -0.2) is 0 Å². The van der Waals surface area contributed by atoms with E-state index in [4.69, 9.17) is 4.74 Å². The number of hydrogen-bond donors (Lipinski definition) is 1. The predicted molar refractivity (Wildman–Crippen MR) is 75.4 cm³/mol. The summed E-state index contributed by atoms with van der Waals surface area (Å²) in [6.45, 7) is 9.75. The Labute approximate surface area is 110 Å². The number of anilines is 1. The third kappa shape index (κ3) is 1.83. The van der Waals surface area contributed by atoms with Crippen LogP contribution in [0, 0.1) is 0 Å². The molecular formula is C16H23NO. The predicted octanol–water partition coefficient (Wildman–Crippen LogP) is 3.46. The van der Waals surface area contributed by atoms with Crippen molar-refractivity contribution in [1.82, 2.24) is 0 Å². The van der Waals surface area contributed by atoms with Gasteiger partial charge in [-0.05, 0) is 35.4 Å². The number of hydrogen-bond acceptors (Lipinski definition) is 2. The molecule has 1 fully saturated rings. The molecule has 2 heteroatoms. The SMILES string of the molecule is CC(C)(C)c1ccc2c(c1)C1(CCOCC1)CN2. The van der Waals surface area contributed by atoms with E-state index < -0.39 is 0 Å². The van der Waals surface area contributed by atoms with Crippen LogP contribution in [-0.4, -0.2) is 19.8 Å². The minimum Gasteiger partial charge on any atom is -0.384 e. The Balaban J connectivity index is 2.04. The second kappa shape index (κ2) is 3.99. The monoisotopic (exact) mass is 245 g/mol. The third-order valence-corrected chi connectivity index (χ3v) is 4.52. The van der Waals surface area contributed by atoms with Crippen LogP contribution in [0.3, 0.4) is 0 Å². The highest BCUT2D eigenvalue weighted by molar-refractivity contribution is 5.62. The van der Waals surface area contributed by atoms with Crippen LogP contribution in [0.5, 0.6) is 0 Å². The first-order valence-electron chi connectivity index (χ1n) is 6.98. The summed E-state index contributed by atoms with van der Waals surface area (Å²) in [5.74, 6) is 0. The third-order valence-electron chi connectivity index (χ3n) is 4.52. The van der Waals surface area contributed by atoms with Crippen molar-refractivity contribution in [2.75, 3.05) is 25.1 Å². The summed E-state index contributed by atoms with van der Waals surface area (Å²) in [5, 5.41) is 3.58. The molecule has 0 atom stereocenters. The molecule has 0 amide bonds. The highest BCUT2D eigenvalue weighted by Gasteiger charge is 2.40. The van der Waals surface area contributed by atoms with Gasteiger partial charge >= 0.3 is 0 Å². The maximum atomic E-state index is 5.54. The Hall–Kier alpha value is -1.02. The van der Waals surface area contributed by atoms with Gasteiger partial charge in [0.2, 0.25) is 0 Å². The molecule has 1 saturated heterocycles. The molecule has 0 saturated carbocycles. The standard InChI is InChI=1S/C16H23NO/c1-15(2,3)12-4-5-14-13(10-12)16(11-17-14)6-8-18-9-7-16/h4-5,10,17H,6-9,11H2,1-3H3. The van der Waals surface area contributed by atoms with Gasteiger partial charge in [-0.3, -0.25) is 0 Å².